The zero-order valence-electron chi connectivity index (χ0n) is 10.6. The van der Waals surface area contributed by atoms with Gasteiger partial charge in [0.15, 0.2) is 0 Å². The van der Waals surface area contributed by atoms with Gasteiger partial charge < -0.3 is 9.88 Å². The van der Waals surface area contributed by atoms with Gasteiger partial charge in [0, 0.05) is 28.8 Å². The first-order chi connectivity index (χ1) is 9.65. The third-order valence-corrected chi connectivity index (χ3v) is 4.00. The predicted molar refractivity (Wildman–Crippen MR) is 78.6 cm³/mol. The Morgan fingerprint density at radius 2 is 2.30 bits per heavy atom. The van der Waals surface area contributed by atoms with Crippen LogP contribution in [0, 0.1) is 10.1 Å². The summed E-state index contributed by atoms with van der Waals surface area (Å²) in [7, 11) is 0. The van der Waals surface area contributed by atoms with Crippen LogP contribution in [0.4, 0.5) is 11.4 Å². The lowest BCUT2D eigenvalue weighted by molar-refractivity contribution is -0.384. The SMILES string of the molecule is O=[N+]([O-])c1ccc(Br)c(NCc2cncn2C2CC2)c1. The van der Waals surface area contributed by atoms with Crippen molar-refractivity contribution in [3.8, 4) is 0 Å². The maximum atomic E-state index is 10.8. The van der Waals surface area contributed by atoms with Gasteiger partial charge in [-0.3, -0.25) is 10.1 Å². The average molecular weight is 337 g/mol. The molecule has 1 N–H and O–H groups in total. The molecule has 6 nitrogen and oxygen atoms in total. The first-order valence-corrected chi connectivity index (χ1v) is 7.13. The van der Waals surface area contributed by atoms with E-state index in [1.165, 1.54) is 25.0 Å². The van der Waals surface area contributed by atoms with E-state index in [9.17, 15) is 10.1 Å². The number of benzene rings is 1. The normalized spacial score (nSPS) is 14.2. The molecule has 3 rings (SSSR count). The molecule has 0 unspecified atom stereocenters. The van der Waals surface area contributed by atoms with Crippen LogP contribution in [0.1, 0.15) is 24.6 Å². The number of aromatic nitrogens is 2. The number of nitro groups is 1. The van der Waals surface area contributed by atoms with Gasteiger partial charge in [0.2, 0.25) is 0 Å². The number of anilines is 1. The molecular weight excluding hydrogens is 324 g/mol. The molecule has 1 fully saturated rings. The first kappa shape index (κ1) is 13.1. The molecule has 2 aromatic rings. The van der Waals surface area contributed by atoms with Crippen molar-refractivity contribution in [2.45, 2.75) is 25.4 Å². The molecule has 1 aromatic carbocycles. The molecule has 1 aliphatic rings. The second-order valence-electron chi connectivity index (χ2n) is 4.80. The van der Waals surface area contributed by atoms with E-state index < -0.39 is 4.92 Å². The number of imidazole rings is 1. The highest BCUT2D eigenvalue weighted by Gasteiger charge is 2.25. The van der Waals surface area contributed by atoms with Crippen LogP contribution in [-0.4, -0.2) is 14.5 Å². The lowest BCUT2D eigenvalue weighted by Gasteiger charge is -2.10. The van der Waals surface area contributed by atoms with E-state index in [2.05, 4.69) is 30.8 Å². The molecule has 1 aromatic heterocycles. The average Bonchev–Trinajstić information content (AvgIpc) is 3.17. The molecule has 20 heavy (non-hydrogen) atoms. The van der Waals surface area contributed by atoms with Crippen molar-refractivity contribution >= 4 is 27.3 Å². The maximum absolute atomic E-state index is 10.8. The Kier molecular flexibility index (Phi) is 3.43. The summed E-state index contributed by atoms with van der Waals surface area (Å²) in [5.74, 6) is 0. The number of hydrogen-bond acceptors (Lipinski definition) is 4. The minimum absolute atomic E-state index is 0.0754. The summed E-state index contributed by atoms with van der Waals surface area (Å²) in [5.41, 5.74) is 1.88. The van der Waals surface area contributed by atoms with Crippen LogP contribution in [0.25, 0.3) is 0 Å². The van der Waals surface area contributed by atoms with Crippen molar-refractivity contribution in [1.29, 1.82) is 0 Å². The monoisotopic (exact) mass is 336 g/mol. The topological polar surface area (TPSA) is 73.0 Å². The Morgan fingerprint density at radius 3 is 3.00 bits per heavy atom. The van der Waals surface area contributed by atoms with Crippen LogP contribution in [0.2, 0.25) is 0 Å². The molecule has 0 saturated heterocycles. The third kappa shape index (κ3) is 2.67. The molecule has 0 radical (unpaired) electrons. The van der Waals surface area contributed by atoms with Gasteiger partial charge in [-0.05, 0) is 34.8 Å². The summed E-state index contributed by atoms with van der Waals surface area (Å²) >= 11 is 3.40. The van der Waals surface area contributed by atoms with E-state index in [0.717, 1.165) is 10.2 Å². The Hall–Kier alpha value is -1.89. The van der Waals surface area contributed by atoms with Crippen molar-refractivity contribution < 1.29 is 4.92 Å². The highest BCUT2D eigenvalue weighted by molar-refractivity contribution is 9.10. The summed E-state index contributed by atoms with van der Waals surface area (Å²) in [6.45, 7) is 0.594. The molecule has 0 bridgehead atoms. The summed E-state index contributed by atoms with van der Waals surface area (Å²) in [4.78, 5) is 14.6. The lowest BCUT2D eigenvalue weighted by Crippen LogP contribution is -2.06. The summed E-state index contributed by atoms with van der Waals surface area (Å²) in [6, 6.07) is 5.26. The van der Waals surface area contributed by atoms with Gasteiger partial charge in [0.05, 0.1) is 29.2 Å². The zero-order chi connectivity index (χ0) is 14.1. The summed E-state index contributed by atoms with van der Waals surface area (Å²) < 4.78 is 2.97. The van der Waals surface area contributed by atoms with E-state index in [-0.39, 0.29) is 5.69 Å². The van der Waals surface area contributed by atoms with E-state index >= 15 is 0 Å². The molecule has 0 aliphatic heterocycles. The van der Waals surface area contributed by atoms with Crippen LogP contribution in [-0.2, 0) is 6.54 Å². The fourth-order valence-corrected chi connectivity index (χ4v) is 2.49. The number of nitrogens with one attached hydrogen (secondary N) is 1. The largest absolute Gasteiger partial charge is 0.378 e. The molecule has 7 heteroatoms. The maximum Gasteiger partial charge on any atom is 0.271 e. The molecule has 1 heterocycles. The molecule has 0 atom stereocenters. The predicted octanol–water partition coefficient (Wildman–Crippen LogP) is 3.50. The standard InChI is InChI=1S/C13H13BrN4O2/c14-12-4-3-10(18(19)20)5-13(12)16-7-11-6-15-8-17(11)9-1-2-9/h3-6,8-9,16H,1-2,7H2. The molecule has 0 amide bonds. The Morgan fingerprint density at radius 1 is 1.50 bits per heavy atom. The smallest absolute Gasteiger partial charge is 0.271 e. The van der Waals surface area contributed by atoms with E-state index in [0.29, 0.717) is 18.3 Å². The Balaban J connectivity index is 1.75. The summed E-state index contributed by atoms with van der Waals surface area (Å²) in [6.07, 6.45) is 6.07. The first-order valence-electron chi connectivity index (χ1n) is 6.33. The lowest BCUT2D eigenvalue weighted by atomic mass is 10.2. The van der Waals surface area contributed by atoms with Crippen LogP contribution in [0.3, 0.4) is 0 Å². The number of non-ortho nitro benzene ring substituents is 1. The number of nitrogens with zero attached hydrogens (tertiary/aromatic N) is 3. The van der Waals surface area contributed by atoms with Gasteiger partial charge >= 0.3 is 0 Å². The number of nitro benzene ring substituents is 1. The van der Waals surface area contributed by atoms with Crippen LogP contribution < -0.4 is 5.32 Å². The highest BCUT2D eigenvalue weighted by Crippen LogP contribution is 2.36. The zero-order valence-corrected chi connectivity index (χ0v) is 12.2. The van der Waals surface area contributed by atoms with Crippen LogP contribution >= 0.6 is 15.9 Å². The number of rotatable bonds is 5. The van der Waals surface area contributed by atoms with E-state index in [4.69, 9.17) is 0 Å². The second kappa shape index (κ2) is 5.24. The highest BCUT2D eigenvalue weighted by atomic mass is 79.9. The van der Waals surface area contributed by atoms with Crippen molar-refractivity contribution in [2.75, 3.05) is 5.32 Å². The molecule has 1 aliphatic carbocycles. The van der Waals surface area contributed by atoms with Crippen molar-refractivity contribution in [3.63, 3.8) is 0 Å². The molecule has 1 saturated carbocycles. The third-order valence-electron chi connectivity index (χ3n) is 3.31. The quantitative estimate of drug-likeness (QED) is 0.669. The molecule has 0 spiro atoms. The van der Waals surface area contributed by atoms with Gasteiger partial charge in [0.25, 0.3) is 5.69 Å². The molecule has 104 valence electrons. The number of hydrogen-bond donors (Lipinski definition) is 1. The minimum atomic E-state index is -0.397. The Labute approximate surface area is 124 Å². The van der Waals surface area contributed by atoms with E-state index in [1.54, 1.807) is 6.07 Å². The van der Waals surface area contributed by atoms with Gasteiger partial charge in [-0.15, -0.1) is 0 Å². The van der Waals surface area contributed by atoms with Crippen molar-refractivity contribution in [1.82, 2.24) is 9.55 Å². The van der Waals surface area contributed by atoms with Gasteiger partial charge in [0.1, 0.15) is 0 Å². The van der Waals surface area contributed by atoms with Gasteiger partial charge in [-0.1, -0.05) is 0 Å². The van der Waals surface area contributed by atoms with Crippen molar-refractivity contribution in [3.05, 3.63) is 51.0 Å². The minimum Gasteiger partial charge on any atom is -0.378 e. The summed E-state index contributed by atoms with van der Waals surface area (Å²) in [5, 5.41) is 14.0. The fourth-order valence-electron chi connectivity index (χ4n) is 2.10. The van der Waals surface area contributed by atoms with E-state index in [1.807, 2.05) is 12.5 Å². The van der Waals surface area contributed by atoms with Crippen LogP contribution in [0.15, 0.2) is 35.2 Å². The van der Waals surface area contributed by atoms with Gasteiger partial charge in [-0.2, -0.15) is 0 Å². The number of halogens is 1. The fraction of sp³-hybridized carbons (Fsp3) is 0.308. The van der Waals surface area contributed by atoms with Gasteiger partial charge in [-0.25, -0.2) is 4.98 Å². The van der Waals surface area contributed by atoms with Crippen molar-refractivity contribution in [2.24, 2.45) is 0 Å². The molecular formula is C13H13BrN4O2. The second-order valence-corrected chi connectivity index (χ2v) is 5.65. The van der Waals surface area contributed by atoms with Crippen LogP contribution in [0.5, 0.6) is 0 Å². The Bertz CT molecular complexity index is 652.